The first kappa shape index (κ1) is 15.0. The van der Waals surface area contributed by atoms with Gasteiger partial charge in [-0.15, -0.1) is 0 Å². The quantitative estimate of drug-likeness (QED) is 0.747. The number of aryl methyl sites for hydroxylation is 1. The van der Waals surface area contributed by atoms with Crippen LogP contribution in [0.1, 0.15) is 25.8 Å². The molecule has 0 aromatic carbocycles. The summed E-state index contributed by atoms with van der Waals surface area (Å²) < 4.78 is 8.80. The number of amides is 1. The molecule has 0 saturated heterocycles. The molecule has 1 atom stereocenters. The van der Waals surface area contributed by atoms with Crippen molar-refractivity contribution >= 4 is 5.91 Å². The molecule has 23 heavy (non-hydrogen) atoms. The number of rotatable bonds is 6. The highest BCUT2D eigenvalue weighted by atomic mass is 16.5. The van der Waals surface area contributed by atoms with E-state index >= 15 is 0 Å². The third-order valence-corrected chi connectivity index (χ3v) is 3.58. The van der Waals surface area contributed by atoms with Crippen molar-refractivity contribution in [3.05, 3.63) is 42.7 Å². The highest BCUT2D eigenvalue weighted by Crippen LogP contribution is 2.16. The Labute approximate surface area is 133 Å². The summed E-state index contributed by atoms with van der Waals surface area (Å²) in [6.45, 7) is 4.83. The first-order chi connectivity index (χ1) is 11.2. The summed E-state index contributed by atoms with van der Waals surface area (Å²) in [6, 6.07) is 5.24. The molecule has 0 aliphatic carbocycles. The van der Waals surface area contributed by atoms with E-state index in [9.17, 15) is 4.79 Å². The maximum Gasteiger partial charge on any atom is 0.246 e. The van der Waals surface area contributed by atoms with Crippen LogP contribution in [0.5, 0.6) is 0 Å². The molecule has 0 spiro atoms. The first-order valence-corrected chi connectivity index (χ1v) is 7.44. The lowest BCUT2D eigenvalue weighted by Gasteiger charge is -2.11. The molecule has 0 bridgehead atoms. The number of hydrogen-bond acceptors (Lipinski definition) is 5. The fraction of sp³-hybridized carbons (Fsp3) is 0.333. The second-order valence-corrected chi connectivity index (χ2v) is 5.07. The minimum absolute atomic E-state index is 0.162. The molecular formula is C15H18N6O2. The Hall–Kier alpha value is -2.90. The molecule has 3 aromatic heterocycles. The van der Waals surface area contributed by atoms with Gasteiger partial charge in [-0.1, -0.05) is 5.16 Å². The molecule has 0 aliphatic rings. The van der Waals surface area contributed by atoms with Crippen molar-refractivity contribution in [3.63, 3.8) is 0 Å². The van der Waals surface area contributed by atoms with Crippen molar-refractivity contribution in [3.8, 4) is 11.5 Å². The molecule has 3 heterocycles. The molecule has 1 unspecified atom stereocenters. The Morgan fingerprint density at radius 3 is 3.00 bits per heavy atom. The van der Waals surface area contributed by atoms with Gasteiger partial charge in [0, 0.05) is 25.1 Å². The number of nitrogens with zero attached hydrogens (tertiary/aromatic N) is 5. The lowest BCUT2D eigenvalue weighted by atomic mass is 10.3. The van der Waals surface area contributed by atoms with E-state index in [0.29, 0.717) is 11.7 Å². The Kier molecular flexibility index (Phi) is 4.22. The molecule has 0 radical (unpaired) electrons. The van der Waals surface area contributed by atoms with Gasteiger partial charge in [0.05, 0.1) is 12.2 Å². The lowest BCUT2D eigenvalue weighted by Crippen LogP contribution is -2.30. The third-order valence-electron chi connectivity index (χ3n) is 3.58. The summed E-state index contributed by atoms with van der Waals surface area (Å²) in [6.07, 6.45) is 5.34. The zero-order valence-electron chi connectivity index (χ0n) is 13.0. The zero-order chi connectivity index (χ0) is 16.2. The van der Waals surface area contributed by atoms with Gasteiger partial charge in [-0.2, -0.15) is 10.1 Å². The van der Waals surface area contributed by atoms with E-state index in [1.54, 1.807) is 30.1 Å². The van der Waals surface area contributed by atoms with Gasteiger partial charge in [0.25, 0.3) is 0 Å². The van der Waals surface area contributed by atoms with Gasteiger partial charge >= 0.3 is 0 Å². The summed E-state index contributed by atoms with van der Waals surface area (Å²) in [4.78, 5) is 16.4. The second-order valence-electron chi connectivity index (χ2n) is 5.07. The topological polar surface area (TPSA) is 90.8 Å². The third kappa shape index (κ3) is 3.15. The minimum atomic E-state index is -0.398. The number of hydrogen-bond donors (Lipinski definition) is 1. The van der Waals surface area contributed by atoms with E-state index in [1.807, 2.05) is 29.8 Å². The Balaban J connectivity index is 1.62. The predicted molar refractivity (Wildman–Crippen MR) is 82.2 cm³/mol. The summed E-state index contributed by atoms with van der Waals surface area (Å²) in [5.74, 6) is 0.719. The molecule has 3 aromatic rings. The summed E-state index contributed by atoms with van der Waals surface area (Å²) in [5.41, 5.74) is 0.888. The van der Waals surface area contributed by atoms with Crippen molar-refractivity contribution in [2.24, 2.45) is 0 Å². The molecular weight excluding hydrogens is 296 g/mol. The summed E-state index contributed by atoms with van der Waals surface area (Å²) in [7, 11) is 0. The van der Waals surface area contributed by atoms with Crippen molar-refractivity contribution in [1.29, 1.82) is 0 Å². The van der Waals surface area contributed by atoms with Crippen molar-refractivity contribution in [2.45, 2.75) is 33.0 Å². The van der Waals surface area contributed by atoms with Crippen LogP contribution >= 0.6 is 0 Å². The number of nitrogens with one attached hydrogen (secondary N) is 1. The Morgan fingerprint density at radius 2 is 2.26 bits per heavy atom. The van der Waals surface area contributed by atoms with Crippen LogP contribution < -0.4 is 5.32 Å². The van der Waals surface area contributed by atoms with Gasteiger partial charge in [0.1, 0.15) is 6.04 Å². The molecule has 0 fully saturated rings. The van der Waals surface area contributed by atoms with Crippen LogP contribution in [0.25, 0.3) is 11.5 Å². The Morgan fingerprint density at radius 1 is 1.39 bits per heavy atom. The molecule has 1 N–H and O–H groups in total. The van der Waals surface area contributed by atoms with Crippen LogP contribution in [0.4, 0.5) is 0 Å². The average Bonchev–Trinajstić information content (AvgIpc) is 3.32. The maximum atomic E-state index is 12.1. The van der Waals surface area contributed by atoms with Gasteiger partial charge in [-0.05, 0) is 32.0 Å². The molecule has 0 saturated carbocycles. The molecule has 8 heteroatoms. The van der Waals surface area contributed by atoms with Crippen LogP contribution in [0.15, 0.2) is 41.3 Å². The van der Waals surface area contributed by atoms with E-state index in [4.69, 9.17) is 4.52 Å². The standard InChI is InChI=1S/C15H18N6O2/c1-3-20-8-4-6-12(20)14-18-13(23-19-14)10-16-15(22)11(2)21-9-5-7-17-21/h4-9,11H,3,10H2,1-2H3,(H,16,22). The molecule has 8 nitrogen and oxygen atoms in total. The normalized spacial score (nSPS) is 12.3. The van der Waals surface area contributed by atoms with E-state index < -0.39 is 6.04 Å². The molecule has 3 rings (SSSR count). The van der Waals surface area contributed by atoms with E-state index in [-0.39, 0.29) is 12.5 Å². The number of carbonyl (C=O) groups is 1. The second kappa shape index (κ2) is 6.47. The Bertz CT molecular complexity index is 774. The van der Waals surface area contributed by atoms with Gasteiger partial charge in [0.2, 0.25) is 17.6 Å². The van der Waals surface area contributed by atoms with Gasteiger partial charge in [0.15, 0.2) is 0 Å². The van der Waals surface area contributed by atoms with E-state index in [1.165, 1.54) is 0 Å². The molecule has 1 amide bonds. The summed E-state index contributed by atoms with van der Waals surface area (Å²) >= 11 is 0. The highest BCUT2D eigenvalue weighted by molar-refractivity contribution is 5.79. The van der Waals surface area contributed by atoms with E-state index in [0.717, 1.165) is 12.2 Å². The van der Waals surface area contributed by atoms with Crippen LogP contribution in [-0.2, 0) is 17.9 Å². The fourth-order valence-electron chi connectivity index (χ4n) is 2.26. The van der Waals surface area contributed by atoms with Crippen LogP contribution in [-0.4, -0.2) is 30.4 Å². The van der Waals surface area contributed by atoms with Crippen molar-refractivity contribution < 1.29 is 9.32 Å². The van der Waals surface area contributed by atoms with Crippen LogP contribution in [0.3, 0.4) is 0 Å². The molecule has 0 aliphatic heterocycles. The van der Waals surface area contributed by atoms with Gasteiger partial charge in [-0.25, -0.2) is 0 Å². The maximum absolute atomic E-state index is 12.1. The monoisotopic (exact) mass is 314 g/mol. The fourth-order valence-corrected chi connectivity index (χ4v) is 2.26. The largest absolute Gasteiger partial charge is 0.345 e. The smallest absolute Gasteiger partial charge is 0.246 e. The van der Waals surface area contributed by atoms with Crippen molar-refractivity contribution in [1.82, 2.24) is 29.8 Å². The van der Waals surface area contributed by atoms with Crippen LogP contribution in [0.2, 0.25) is 0 Å². The summed E-state index contributed by atoms with van der Waals surface area (Å²) in [5, 5.41) is 10.8. The van der Waals surface area contributed by atoms with Gasteiger partial charge in [-0.3, -0.25) is 9.48 Å². The SMILES string of the molecule is CCn1cccc1-c1noc(CNC(=O)C(C)n2cccn2)n1. The zero-order valence-corrected chi connectivity index (χ0v) is 13.0. The lowest BCUT2D eigenvalue weighted by molar-refractivity contribution is -0.124. The minimum Gasteiger partial charge on any atom is -0.345 e. The number of aromatic nitrogens is 5. The van der Waals surface area contributed by atoms with Crippen molar-refractivity contribution in [2.75, 3.05) is 0 Å². The molecule has 120 valence electrons. The average molecular weight is 314 g/mol. The first-order valence-electron chi connectivity index (χ1n) is 7.44. The predicted octanol–water partition coefficient (Wildman–Crippen LogP) is 1.63. The van der Waals surface area contributed by atoms with Crippen LogP contribution in [0, 0.1) is 0 Å². The van der Waals surface area contributed by atoms with Gasteiger partial charge < -0.3 is 14.4 Å². The highest BCUT2D eigenvalue weighted by Gasteiger charge is 2.17. The number of carbonyl (C=O) groups excluding carboxylic acids is 1. The van der Waals surface area contributed by atoms with E-state index in [2.05, 4.69) is 20.6 Å².